The molecule has 0 saturated carbocycles. The summed E-state index contributed by atoms with van der Waals surface area (Å²) >= 11 is 13.4. The number of esters is 4. The molecule has 0 radical (unpaired) electrons. The van der Waals surface area contributed by atoms with E-state index in [9.17, 15) is 19.2 Å². The van der Waals surface area contributed by atoms with Gasteiger partial charge in [-0.25, -0.2) is 24.2 Å². The van der Waals surface area contributed by atoms with Crippen LogP contribution in [0.5, 0.6) is 0 Å². The lowest BCUT2D eigenvalue weighted by atomic mass is 9.97. The van der Waals surface area contributed by atoms with Crippen LogP contribution in [0, 0.1) is 0 Å². The molecule has 0 amide bonds. The third kappa shape index (κ3) is 12.4. The van der Waals surface area contributed by atoms with Crippen LogP contribution in [-0.2, 0) is 29.4 Å². The first-order valence-electron chi connectivity index (χ1n) is 19.9. The standard InChI is InChI=1S/C49H40ClN3O9S2/c50-37-28-16-17-29-38(37)51-48(63)53-49(64-31-32-18-6-1-7-19-32)52-43-42(62-47(57)36-26-14-5-15-27-36)41(61-46(56)35-24-12-4-13-25-35)40(60-45(55)34-22-10-3-11-23-34)39(59-43)30-58-44(54)33-20-8-2-9-21-33/h1-29,39-43H,30-31H2,(H2,51,52,53,63)/t39-,40-,41+,42-,43-/m1/s1. The molecular weight excluding hydrogens is 874 g/mol. The van der Waals surface area contributed by atoms with Crippen LogP contribution in [0.2, 0.25) is 5.02 Å². The van der Waals surface area contributed by atoms with Crippen molar-refractivity contribution in [1.82, 2.24) is 5.32 Å². The van der Waals surface area contributed by atoms with Crippen molar-refractivity contribution in [3.8, 4) is 0 Å². The molecule has 6 aromatic carbocycles. The molecule has 5 atom stereocenters. The number of aliphatic imine (C=N–C) groups is 1. The number of halogens is 1. The average molecular weight is 914 g/mol. The number of ether oxygens (including phenoxy) is 5. The largest absolute Gasteiger partial charge is 0.459 e. The zero-order valence-corrected chi connectivity index (χ0v) is 36.2. The summed E-state index contributed by atoms with van der Waals surface area (Å²) in [5.74, 6) is -2.78. The number of carbonyl (C=O) groups is 4. The Morgan fingerprint density at radius 2 is 1.02 bits per heavy atom. The molecule has 6 aromatic rings. The van der Waals surface area contributed by atoms with Crippen molar-refractivity contribution in [1.29, 1.82) is 0 Å². The lowest BCUT2D eigenvalue weighted by Crippen LogP contribution is -2.62. The number of benzene rings is 6. The second-order valence-electron chi connectivity index (χ2n) is 14.0. The van der Waals surface area contributed by atoms with Gasteiger partial charge in [0.05, 0.1) is 33.0 Å². The second-order valence-corrected chi connectivity index (χ2v) is 15.8. The Bertz CT molecular complexity index is 2560. The lowest BCUT2D eigenvalue weighted by Gasteiger charge is -2.43. The summed E-state index contributed by atoms with van der Waals surface area (Å²) in [6, 6.07) is 49.3. The predicted octanol–water partition coefficient (Wildman–Crippen LogP) is 9.17. The summed E-state index contributed by atoms with van der Waals surface area (Å²) in [4.78, 5) is 60.5. The molecule has 15 heteroatoms. The molecule has 1 heterocycles. The minimum atomic E-state index is -1.61. The van der Waals surface area contributed by atoms with Crippen molar-refractivity contribution in [2.45, 2.75) is 36.4 Å². The monoisotopic (exact) mass is 913 g/mol. The third-order valence-corrected chi connectivity index (χ3v) is 11.1. The highest BCUT2D eigenvalue weighted by Gasteiger charge is 2.53. The Balaban J connectivity index is 1.33. The quantitative estimate of drug-likeness (QED) is 0.0373. The number of anilines is 1. The number of carbonyl (C=O) groups excluding carboxylic acids is 4. The lowest BCUT2D eigenvalue weighted by molar-refractivity contribution is -0.226. The highest BCUT2D eigenvalue weighted by molar-refractivity contribution is 8.13. The van der Waals surface area contributed by atoms with Crippen molar-refractivity contribution in [2.24, 2.45) is 4.99 Å². The van der Waals surface area contributed by atoms with Gasteiger partial charge in [-0.3, -0.25) is 0 Å². The smallest absolute Gasteiger partial charge is 0.338 e. The normalized spacial score (nSPS) is 18.1. The van der Waals surface area contributed by atoms with Gasteiger partial charge < -0.3 is 34.3 Å². The highest BCUT2D eigenvalue weighted by Crippen LogP contribution is 2.33. The molecular formula is C49H40ClN3O9S2. The Kier molecular flexibility index (Phi) is 15.9. The molecule has 1 aliphatic rings. The second kappa shape index (κ2) is 22.5. The Labute approximate surface area is 383 Å². The van der Waals surface area contributed by atoms with Gasteiger partial charge in [0.1, 0.15) is 12.7 Å². The van der Waals surface area contributed by atoms with Crippen LogP contribution in [-0.4, -0.2) is 71.4 Å². The molecule has 1 saturated heterocycles. The van der Waals surface area contributed by atoms with Gasteiger partial charge >= 0.3 is 23.9 Å². The first-order valence-corrected chi connectivity index (χ1v) is 21.7. The van der Waals surface area contributed by atoms with Crippen molar-refractivity contribution < 1.29 is 42.9 Å². The third-order valence-electron chi connectivity index (χ3n) is 9.56. The van der Waals surface area contributed by atoms with Gasteiger partial charge in [-0.1, -0.05) is 139 Å². The van der Waals surface area contributed by atoms with E-state index in [4.69, 9.17) is 52.5 Å². The number of nitrogens with one attached hydrogen (secondary N) is 2. The van der Waals surface area contributed by atoms with E-state index in [-0.39, 0.29) is 32.5 Å². The van der Waals surface area contributed by atoms with E-state index in [1.165, 1.54) is 11.8 Å². The van der Waals surface area contributed by atoms with Gasteiger partial charge in [-0.15, -0.1) is 0 Å². The molecule has 1 fully saturated rings. The van der Waals surface area contributed by atoms with E-state index in [1.807, 2.05) is 30.3 Å². The number of hydrogen-bond acceptors (Lipinski definition) is 12. The Hall–Kier alpha value is -6.84. The van der Waals surface area contributed by atoms with E-state index in [1.54, 1.807) is 146 Å². The number of para-hydroxylation sites is 1. The average Bonchev–Trinajstić information content (AvgIpc) is 3.33. The summed E-state index contributed by atoms with van der Waals surface area (Å²) in [6.07, 6.45) is -7.61. The van der Waals surface area contributed by atoms with Crippen molar-refractivity contribution in [2.75, 3.05) is 11.9 Å². The van der Waals surface area contributed by atoms with E-state index in [0.717, 1.165) is 5.56 Å². The van der Waals surface area contributed by atoms with Crippen LogP contribution < -0.4 is 10.6 Å². The molecule has 2 N–H and O–H groups in total. The molecule has 0 unspecified atom stereocenters. The summed E-state index contributed by atoms with van der Waals surface area (Å²) < 4.78 is 31.1. The summed E-state index contributed by atoms with van der Waals surface area (Å²) in [6.45, 7) is -0.516. The number of thioether (sulfide) groups is 1. The molecule has 0 bridgehead atoms. The zero-order valence-electron chi connectivity index (χ0n) is 33.9. The number of nitrogens with zero attached hydrogens (tertiary/aromatic N) is 1. The summed E-state index contributed by atoms with van der Waals surface area (Å²) in [7, 11) is 0. The van der Waals surface area contributed by atoms with Gasteiger partial charge in [0.15, 0.2) is 34.8 Å². The molecule has 7 rings (SSSR count). The highest BCUT2D eigenvalue weighted by atomic mass is 35.5. The van der Waals surface area contributed by atoms with Gasteiger partial charge in [0.25, 0.3) is 0 Å². The fourth-order valence-corrected chi connectivity index (χ4v) is 7.71. The van der Waals surface area contributed by atoms with E-state index in [2.05, 4.69) is 10.6 Å². The maximum Gasteiger partial charge on any atom is 0.338 e. The Morgan fingerprint density at radius 3 is 1.53 bits per heavy atom. The fourth-order valence-electron chi connectivity index (χ4n) is 6.41. The molecule has 0 aromatic heterocycles. The fraction of sp³-hybridized carbons (Fsp3) is 0.143. The summed E-state index contributed by atoms with van der Waals surface area (Å²) in [5, 5.41) is 6.91. The van der Waals surface area contributed by atoms with Gasteiger partial charge in [-0.2, -0.15) is 0 Å². The maximum atomic E-state index is 14.1. The number of rotatable bonds is 13. The van der Waals surface area contributed by atoms with Crippen LogP contribution in [0.1, 0.15) is 47.0 Å². The van der Waals surface area contributed by atoms with Crippen LogP contribution in [0.15, 0.2) is 181 Å². The van der Waals surface area contributed by atoms with Crippen LogP contribution in [0.25, 0.3) is 0 Å². The number of amidine groups is 1. The Morgan fingerprint density at radius 1 is 0.578 bits per heavy atom. The molecule has 1 aliphatic heterocycles. The van der Waals surface area contributed by atoms with Crippen LogP contribution in [0.3, 0.4) is 0 Å². The van der Waals surface area contributed by atoms with Crippen molar-refractivity contribution in [3.05, 3.63) is 209 Å². The maximum absolute atomic E-state index is 14.1. The molecule has 12 nitrogen and oxygen atoms in total. The van der Waals surface area contributed by atoms with Crippen molar-refractivity contribution >= 4 is 75.4 Å². The minimum absolute atomic E-state index is 0.108. The van der Waals surface area contributed by atoms with E-state index >= 15 is 0 Å². The molecule has 0 aliphatic carbocycles. The van der Waals surface area contributed by atoms with Crippen molar-refractivity contribution in [3.63, 3.8) is 0 Å². The van der Waals surface area contributed by atoms with E-state index < -0.39 is 61.1 Å². The first-order chi connectivity index (χ1) is 31.2. The number of hydrogen-bond donors (Lipinski definition) is 2. The van der Waals surface area contributed by atoms with Gasteiger partial charge in [-0.05, 0) is 78.4 Å². The minimum Gasteiger partial charge on any atom is -0.459 e. The topological polar surface area (TPSA) is 151 Å². The SMILES string of the molecule is O=C(OC[C@H]1O[C@@H](/N=C(/NC(=S)Nc2ccccc2Cl)SCc2ccccc2)[C@H](OC(=O)c2ccccc2)[C@@H](OC(=O)c2ccccc2)[C@@H]1OC(=O)c1ccccc1)c1ccccc1. The first kappa shape index (κ1) is 45.2. The molecule has 0 spiro atoms. The van der Waals surface area contributed by atoms with Crippen LogP contribution >= 0.6 is 35.6 Å². The van der Waals surface area contributed by atoms with E-state index in [0.29, 0.717) is 16.5 Å². The van der Waals surface area contributed by atoms with Crippen LogP contribution in [0.4, 0.5) is 5.69 Å². The summed E-state index contributed by atoms with van der Waals surface area (Å²) in [5.41, 5.74) is 2.19. The molecule has 324 valence electrons. The van der Waals surface area contributed by atoms with Gasteiger partial charge in [0.2, 0.25) is 0 Å². The van der Waals surface area contributed by atoms with Gasteiger partial charge in [0, 0.05) is 5.75 Å². The number of thiocarbonyl (C=S) groups is 1. The molecule has 64 heavy (non-hydrogen) atoms. The zero-order chi connectivity index (χ0) is 44.7. The predicted molar refractivity (Wildman–Crippen MR) is 248 cm³/mol.